The summed E-state index contributed by atoms with van der Waals surface area (Å²) in [5.41, 5.74) is 3.58. The summed E-state index contributed by atoms with van der Waals surface area (Å²) in [6.07, 6.45) is 8.16. The average Bonchev–Trinajstić information content (AvgIpc) is 2.43. The molecule has 100 valence electrons. The molecule has 0 saturated carbocycles. The smallest absolute Gasteiger partial charge is 0.0705 e. The Morgan fingerprint density at radius 1 is 1.16 bits per heavy atom. The number of nitrogens with zero attached hydrogens (tertiary/aromatic N) is 1. The first kappa shape index (κ1) is 13.8. The van der Waals surface area contributed by atoms with E-state index >= 15 is 0 Å². The SMILES string of the molecule is CCC=CC(CCC)c1ccc2nc(C)ccc2c1. The molecular formula is C18H23N. The Morgan fingerprint density at radius 3 is 2.74 bits per heavy atom. The summed E-state index contributed by atoms with van der Waals surface area (Å²) in [4.78, 5) is 4.57. The van der Waals surface area contributed by atoms with E-state index < -0.39 is 0 Å². The fourth-order valence-corrected chi connectivity index (χ4v) is 2.46. The van der Waals surface area contributed by atoms with Gasteiger partial charge in [0, 0.05) is 17.0 Å². The molecule has 0 N–H and O–H groups in total. The van der Waals surface area contributed by atoms with Crippen LogP contribution < -0.4 is 0 Å². The predicted octanol–water partition coefficient (Wildman–Crippen LogP) is 5.39. The van der Waals surface area contributed by atoms with Gasteiger partial charge in [-0.05, 0) is 43.5 Å². The molecule has 0 aliphatic heterocycles. The highest BCUT2D eigenvalue weighted by Crippen LogP contribution is 2.26. The van der Waals surface area contributed by atoms with Gasteiger partial charge >= 0.3 is 0 Å². The first-order chi connectivity index (χ1) is 9.24. The van der Waals surface area contributed by atoms with Crippen LogP contribution in [0.4, 0.5) is 0 Å². The van der Waals surface area contributed by atoms with Crippen molar-refractivity contribution < 1.29 is 0 Å². The van der Waals surface area contributed by atoms with Crippen LogP contribution in [0, 0.1) is 6.92 Å². The van der Waals surface area contributed by atoms with Crippen molar-refractivity contribution in [1.82, 2.24) is 4.98 Å². The molecule has 0 saturated heterocycles. The second kappa shape index (κ2) is 6.51. The molecule has 1 heteroatoms. The van der Waals surface area contributed by atoms with Gasteiger partial charge in [0.05, 0.1) is 5.52 Å². The van der Waals surface area contributed by atoms with Crippen LogP contribution in [0.1, 0.15) is 50.3 Å². The van der Waals surface area contributed by atoms with Crippen molar-refractivity contribution in [3.63, 3.8) is 0 Å². The highest BCUT2D eigenvalue weighted by molar-refractivity contribution is 5.79. The number of hydrogen-bond acceptors (Lipinski definition) is 1. The summed E-state index contributed by atoms with van der Waals surface area (Å²) in [7, 11) is 0. The molecule has 1 aromatic heterocycles. The van der Waals surface area contributed by atoms with Crippen LogP contribution >= 0.6 is 0 Å². The maximum atomic E-state index is 4.57. The van der Waals surface area contributed by atoms with Gasteiger partial charge in [0.1, 0.15) is 0 Å². The number of fused-ring (bicyclic) bond motifs is 1. The molecule has 0 aliphatic carbocycles. The number of benzene rings is 1. The molecule has 2 aromatic rings. The minimum absolute atomic E-state index is 0.538. The molecule has 2 rings (SSSR count). The molecule has 0 spiro atoms. The van der Waals surface area contributed by atoms with Crippen LogP contribution in [-0.4, -0.2) is 4.98 Å². The fourth-order valence-electron chi connectivity index (χ4n) is 2.46. The average molecular weight is 253 g/mol. The Bertz CT molecular complexity index is 569. The monoisotopic (exact) mass is 253 g/mol. The van der Waals surface area contributed by atoms with Gasteiger partial charge < -0.3 is 0 Å². The van der Waals surface area contributed by atoms with E-state index in [9.17, 15) is 0 Å². The zero-order valence-electron chi connectivity index (χ0n) is 12.2. The van der Waals surface area contributed by atoms with Crippen LogP contribution in [0.5, 0.6) is 0 Å². The molecular weight excluding hydrogens is 230 g/mol. The highest BCUT2D eigenvalue weighted by atomic mass is 14.7. The van der Waals surface area contributed by atoms with E-state index in [1.54, 1.807) is 0 Å². The molecule has 0 fully saturated rings. The zero-order chi connectivity index (χ0) is 13.7. The third-order valence-corrected chi connectivity index (χ3v) is 3.48. The lowest BCUT2D eigenvalue weighted by Gasteiger charge is -2.13. The van der Waals surface area contributed by atoms with Crippen molar-refractivity contribution in [3.05, 3.63) is 53.7 Å². The van der Waals surface area contributed by atoms with E-state index in [1.807, 2.05) is 6.92 Å². The number of allylic oxidation sites excluding steroid dienone is 2. The molecule has 1 nitrogen and oxygen atoms in total. The van der Waals surface area contributed by atoms with Crippen LogP contribution in [0.2, 0.25) is 0 Å². The number of aromatic nitrogens is 1. The van der Waals surface area contributed by atoms with Crippen molar-refractivity contribution >= 4 is 10.9 Å². The quantitative estimate of drug-likeness (QED) is 0.651. The molecule has 1 aromatic carbocycles. The molecule has 1 unspecified atom stereocenters. The van der Waals surface area contributed by atoms with E-state index in [-0.39, 0.29) is 0 Å². The third kappa shape index (κ3) is 3.44. The van der Waals surface area contributed by atoms with Gasteiger partial charge in [0.2, 0.25) is 0 Å². The molecule has 0 bridgehead atoms. The Kier molecular flexibility index (Phi) is 4.73. The minimum atomic E-state index is 0.538. The maximum absolute atomic E-state index is 4.57. The van der Waals surface area contributed by atoms with Crippen LogP contribution in [-0.2, 0) is 0 Å². The Labute approximate surface area is 116 Å². The lowest BCUT2D eigenvalue weighted by atomic mass is 9.92. The Hall–Kier alpha value is -1.63. The molecule has 1 atom stereocenters. The van der Waals surface area contributed by atoms with Gasteiger partial charge in [-0.1, -0.05) is 44.6 Å². The summed E-state index contributed by atoms with van der Waals surface area (Å²) in [6, 6.07) is 10.9. The van der Waals surface area contributed by atoms with Gasteiger partial charge in [0.25, 0.3) is 0 Å². The summed E-state index contributed by atoms with van der Waals surface area (Å²) in [5.74, 6) is 0.538. The maximum Gasteiger partial charge on any atom is 0.0705 e. The zero-order valence-corrected chi connectivity index (χ0v) is 12.2. The first-order valence-corrected chi connectivity index (χ1v) is 7.28. The van der Waals surface area contributed by atoms with Gasteiger partial charge in [-0.3, -0.25) is 4.98 Å². The van der Waals surface area contributed by atoms with E-state index in [1.165, 1.54) is 23.8 Å². The fraction of sp³-hybridized carbons (Fsp3) is 0.389. The molecule has 0 amide bonds. The van der Waals surface area contributed by atoms with Crippen molar-refractivity contribution in [3.8, 4) is 0 Å². The molecule has 0 aliphatic rings. The molecule has 19 heavy (non-hydrogen) atoms. The van der Waals surface area contributed by atoms with Gasteiger partial charge in [-0.25, -0.2) is 0 Å². The summed E-state index contributed by atoms with van der Waals surface area (Å²) >= 11 is 0. The number of hydrogen-bond donors (Lipinski definition) is 0. The number of aryl methyl sites for hydroxylation is 1. The van der Waals surface area contributed by atoms with Gasteiger partial charge in [0.15, 0.2) is 0 Å². The van der Waals surface area contributed by atoms with Crippen LogP contribution in [0.25, 0.3) is 10.9 Å². The van der Waals surface area contributed by atoms with Crippen LogP contribution in [0.15, 0.2) is 42.5 Å². The Morgan fingerprint density at radius 2 is 2.00 bits per heavy atom. The molecule has 0 radical (unpaired) electrons. The van der Waals surface area contributed by atoms with E-state index in [0.29, 0.717) is 5.92 Å². The summed E-state index contributed by atoms with van der Waals surface area (Å²) in [5, 5.41) is 1.24. The second-order valence-electron chi connectivity index (χ2n) is 5.14. The van der Waals surface area contributed by atoms with Crippen molar-refractivity contribution in [2.75, 3.05) is 0 Å². The van der Waals surface area contributed by atoms with Crippen molar-refractivity contribution in [2.24, 2.45) is 0 Å². The van der Waals surface area contributed by atoms with E-state index in [2.05, 4.69) is 61.3 Å². The normalized spacial score (nSPS) is 13.2. The second-order valence-corrected chi connectivity index (χ2v) is 5.14. The van der Waals surface area contributed by atoms with Crippen molar-refractivity contribution in [1.29, 1.82) is 0 Å². The van der Waals surface area contributed by atoms with E-state index in [4.69, 9.17) is 0 Å². The lowest BCUT2D eigenvalue weighted by Crippen LogP contribution is -1.95. The number of rotatable bonds is 5. The number of pyridine rings is 1. The Balaban J connectivity index is 2.37. The predicted molar refractivity (Wildman–Crippen MR) is 83.6 cm³/mol. The molecule has 1 heterocycles. The summed E-state index contributed by atoms with van der Waals surface area (Å²) in [6.45, 7) is 6.47. The van der Waals surface area contributed by atoms with Gasteiger partial charge in [-0.15, -0.1) is 0 Å². The van der Waals surface area contributed by atoms with Gasteiger partial charge in [-0.2, -0.15) is 0 Å². The van der Waals surface area contributed by atoms with E-state index in [0.717, 1.165) is 17.6 Å². The highest BCUT2D eigenvalue weighted by Gasteiger charge is 2.08. The third-order valence-electron chi connectivity index (χ3n) is 3.48. The first-order valence-electron chi connectivity index (χ1n) is 7.28. The topological polar surface area (TPSA) is 12.9 Å². The van der Waals surface area contributed by atoms with Crippen LogP contribution in [0.3, 0.4) is 0 Å². The lowest BCUT2D eigenvalue weighted by molar-refractivity contribution is 0.716. The summed E-state index contributed by atoms with van der Waals surface area (Å²) < 4.78 is 0. The van der Waals surface area contributed by atoms with Crippen molar-refractivity contribution in [2.45, 2.75) is 46.0 Å². The largest absolute Gasteiger partial charge is 0.253 e. The minimum Gasteiger partial charge on any atom is -0.253 e. The standard InChI is InChI=1S/C18H23N/c1-4-6-8-15(7-5-2)16-11-12-18-17(13-16)10-9-14(3)19-18/h6,8-13,15H,4-5,7H2,1-3H3.